The van der Waals surface area contributed by atoms with Crippen molar-refractivity contribution in [2.75, 3.05) is 5.32 Å². The average Bonchev–Trinajstić information content (AvgIpc) is 2.71. The number of amides is 2. The summed E-state index contributed by atoms with van der Waals surface area (Å²) in [4.78, 5) is 12.1. The number of anilines is 1. The topological polar surface area (TPSA) is 59.0 Å². The Kier molecular flexibility index (Phi) is 4.35. The van der Waals surface area contributed by atoms with Crippen LogP contribution < -0.4 is 10.6 Å². The predicted molar refractivity (Wildman–Crippen MR) is 81.0 cm³/mol. The number of hydrogen-bond donors (Lipinski definition) is 2. The van der Waals surface area contributed by atoms with E-state index in [0.29, 0.717) is 6.04 Å². The third kappa shape index (κ3) is 3.74. The Labute approximate surface area is 121 Å². The van der Waals surface area contributed by atoms with E-state index in [4.69, 9.17) is 0 Å². The molecular weight excluding hydrogens is 252 g/mol. The van der Waals surface area contributed by atoms with Crippen molar-refractivity contribution in [1.29, 1.82) is 0 Å². The summed E-state index contributed by atoms with van der Waals surface area (Å²) in [5.74, 6) is 0.753. The normalized spacial score (nSPS) is 17.0. The second kappa shape index (κ2) is 5.85. The van der Waals surface area contributed by atoms with Gasteiger partial charge in [-0.05, 0) is 40.5 Å². The van der Waals surface area contributed by atoms with Crippen LogP contribution in [0.5, 0.6) is 0 Å². The lowest BCUT2D eigenvalue weighted by atomic mass is 9.96. The number of rotatable bonds is 2. The van der Waals surface area contributed by atoms with Crippen LogP contribution in [-0.4, -0.2) is 21.9 Å². The summed E-state index contributed by atoms with van der Waals surface area (Å²) in [6.45, 7) is 8.16. The van der Waals surface area contributed by atoms with Crippen LogP contribution in [0.3, 0.4) is 0 Å². The summed E-state index contributed by atoms with van der Waals surface area (Å²) in [7, 11) is 0. The Hall–Kier alpha value is -1.52. The van der Waals surface area contributed by atoms with E-state index < -0.39 is 0 Å². The molecule has 20 heavy (non-hydrogen) atoms. The lowest BCUT2D eigenvalue weighted by molar-refractivity contribution is 0.243. The second-order valence-corrected chi connectivity index (χ2v) is 6.69. The standard InChI is InChI=1S/C15H26N4O/c1-11-10-13(19(18-11)15(2,3)4)17-14(20)16-12-8-6-5-7-9-12/h10,12H,5-9H2,1-4H3,(H2,16,17,20). The quantitative estimate of drug-likeness (QED) is 0.871. The van der Waals surface area contributed by atoms with Gasteiger partial charge in [0.15, 0.2) is 0 Å². The third-order valence-electron chi connectivity index (χ3n) is 3.65. The van der Waals surface area contributed by atoms with Crippen molar-refractivity contribution < 1.29 is 4.79 Å². The number of nitrogens with one attached hydrogen (secondary N) is 2. The zero-order valence-corrected chi connectivity index (χ0v) is 13.0. The molecular formula is C15H26N4O. The highest BCUT2D eigenvalue weighted by Crippen LogP contribution is 2.21. The molecule has 1 aliphatic rings. The zero-order valence-electron chi connectivity index (χ0n) is 13.0. The van der Waals surface area contributed by atoms with Gasteiger partial charge in [-0.15, -0.1) is 0 Å². The van der Waals surface area contributed by atoms with Crippen molar-refractivity contribution in [2.24, 2.45) is 0 Å². The molecule has 0 saturated heterocycles. The number of hydrogen-bond acceptors (Lipinski definition) is 2. The molecule has 0 aliphatic heterocycles. The summed E-state index contributed by atoms with van der Waals surface area (Å²) in [6, 6.07) is 2.10. The van der Waals surface area contributed by atoms with Crippen LogP contribution in [0.25, 0.3) is 0 Å². The summed E-state index contributed by atoms with van der Waals surface area (Å²) >= 11 is 0. The lowest BCUT2D eigenvalue weighted by Crippen LogP contribution is -2.40. The third-order valence-corrected chi connectivity index (χ3v) is 3.65. The largest absolute Gasteiger partial charge is 0.335 e. The highest BCUT2D eigenvalue weighted by atomic mass is 16.2. The molecule has 0 bridgehead atoms. The molecule has 0 atom stereocenters. The molecule has 1 aliphatic carbocycles. The maximum atomic E-state index is 12.1. The van der Waals surface area contributed by atoms with Gasteiger partial charge >= 0.3 is 6.03 Å². The van der Waals surface area contributed by atoms with Crippen LogP contribution in [0.1, 0.15) is 58.6 Å². The fraction of sp³-hybridized carbons (Fsp3) is 0.733. The summed E-state index contributed by atoms with van der Waals surface area (Å²) in [5.41, 5.74) is 0.759. The Morgan fingerprint density at radius 2 is 1.95 bits per heavy atom. The maximum Gasteiger partial charge on any atom is 0.320 e. The number of urea groups is 1. The molecule has 5 heteroatoms. The molecule has 1 aromatic rings. The molecule has 0 aromatic carbocycles. The van der Waals surface area contributed by atoms with Gasteiger partial charge in [0.05, 0.1) is 11.2 Å². The lowest BCUT2D eigenvalue weighted by Gasteiger charge is -2.25. The van der Waals surface area contributed by atoms with E-state index in [-0.39, 0.29) is 11.6 Å². The van der Waals surface area contributed by atoms with Gasteiger partial charge in [0, 0.05) is 12.1 Å². The van der Waals surface area contributed by atoms with E-state index in [1.165, 1.54) is 19.3 Å². The van der Waals surface area contributed by atoms with E-state index in [1.807, 2.05) is 17.7 Å². The van der Waals surface area contributed by atoms with Crippen LogP contribution in [-0.2, 0) is 5.54 Å². The van der Waals surface area contributed by atoms with Gasteiger partial charge in [0.25, 0.3) is 0 Å². The first-order chi connectivity index (χ1) is 9.36. The van der Waals surface area contributed by atoms with E-state index >= 15 is 0 Å². The molecule has 1 aromatic heterocycles. The van der Waals surface area contributed by atoms with Crippen LogP contribution in [0.2, 0.25) is 0 Å². The Balaban J connectivity index is 2.00. The number of carbonyl (C=O) groups is 1. The number of aromatic nitrogens is 2. The Bertz CT molecular complexity index is 467. The van der Waals surface area contributed by atoms with Crippen molar-refractivity contribution in [3.8, 4) is 0 Å². The van der Waals surface area contributed by atoms with Crippen molar-refractivity contribution >= 4 is 11.8 Å². The van der Waals surface area contributed by atoms with Gasteiger partial charge in [-0.1, -0.05) is 19.3 Å². The van der Waals surface area contributed by atoms with E-state index in [2.05, 4.69) is 36.5 Å². The van der Waals surface area contributed by atoms with Gasteiger partial charge in [0.2, 0.25) is 0 Å². The maximum absolute atomic E-state index is 12.1. The molecule has 1 heterocycles. The zero-order chi connectivity index (χ0) is 14.8. The van der Waals surface area contributed by atoms with Gasteiger partial charge < -0.3 is 5.32 Å². The molecule has 2 N–H and O–H groups in total. The SMILES string of the molecule is Cc1cc(NC(=O)NC2CCCCC2)n(C(C)(C)C)n1. The monoisotopic (exact) mass is 278 g/mol. The number of aryl methyl sites for hydroxylation is 1. The molecule has 5 nitrogen and oxygen atoms in total. The van der Waals surface area contributed by atoms with Gasteiger partial charge in [-0.2, -0.15) is 5.10 Å². The van der Waals surface area contributed by atoms with Crippen LogP contribution >= 0.6 is 0 Å². The highest BCUT2D eigenvalue weighted by Gasteiger charge is 2.21. The fourth-order valence-corrected chi connectivity index (χ4v) is 2.68. The molecule has 0 radical (unpaired) electrons. The van der Waals surface area contributed by atoms with Crippen molar-refractivity contribution in [2.45, 2.75) is 71.4 Å². The van der Waals surface area contributed by atoms with Crippen LogP contribution in [0, 0.1) is 6.92 Å². The molecule has 0 unspecified atom stereocenters. The van der Waals surface area contributed by atoms with Crippen molar-refractivity contribution in [3.05, 3.63) is 11.8 Å². The second-order valence-electron chi connectivity index (χ2n) is 6.69. The fourth-order valence-electron chi connectivity index (χ4n) is 2.68. The molecule has 1 fully saturated rings. The van der Waals surface area contributed by atoms with Crippen LogP contribution in [0.15, 0.2) is 6.07 Å². The van der Waals surface area contributed by atoms with Crippen LogP contribution in [0.4, 0.5) is 10.6 Å². The minimum Gasteiger partial charge on any atom is -0.335 e. The first-order valence-electron chi connectivity index (χ1n) is 7.51. The minimum absolute atomic E-state index is 0.123. The highest BCUT2D eigenvalue weighted by molar-refractivity contribution is 5.88. The minimum atomic E-state index is -0.151. The van der Waals surface area contributed by atoms with E-state index in [0.717, 1.165) is 24.4 Å². The first-order valence-corrected chi connectivity index (χ1v) is 7.51. The summed E-state index contributed by atoms with van der Waals surface area (Å²) < 4.78 is 1.86. The molecule has 2 rings (SSSR count). The van der Waals surface area contributed by atoms with Gasteiger partial charge in [0.1, 0.15) is 5.82 Å². The van der Waals surface area contributed by atoms with Gasteiger partial charge in [-0.3, -0.25) is 5.32 Å². The Morgan fingerprint density at radius 3 is 2.55 bits per heavy atom. The molecule has 0 spiro atoms. The van der Waals surface area contributed by atoms with Crippen molar-refractivity contribution in [3.63, 3.8) is 0 Å². The van der Waals surface area contributed by atoms with Crippen molar-refractivity contribution in [1.82, 2.24) is 15.1 Å². The van der Waals surface area contributed by atoms with E-state index in [1.54, 1.807) is 0 Å². The van der Waals surface area contributed by atoms with Gasteiger partial charge in [-0.25, -0.2) is 9.48 Å². The predicted octanol–water partition coefficient (Wildman–Crippen LogP) is 3.40. The average molecular weight is 278 g/mol. The molecule has 112 valence electrons. The van der Waals surface area contributed by atoms with E-state index in [9.17, 15) is 4.79 Å². The summed E-state index contributed by atoms with van der Waals surface area (Å²) in [5, 5.41) is 10.5. The molecule has 2 amide bonds. The summed E-state index contributed by atoms with van der Waals surface area (Å²) in [6.07, 6.45) is 5.89. The number of carbonyl (C=O) groups excluding carboxylic acids is 1. The number of nitrogens with zero attached hydrogens (tertiary/aromatic N) is 2. The first kappa shape index (κ1) is 14.9. The smallest absolute Gasteiger partial charge is 0.320 e. The molecule has 1 saturated carbocycles. The Morgan fingerprint density at radius 1 is 1.30 bits per heavy atom.